The molecule has 1 aliphatic carbocycles. The molecule has 1 fully saturated rings. The van der Waals surface area contributed by atoms with Gasteiger partial charge in [-0.2, -0.15) is 0 Å². The highest BCUT2D eigenvalue weighted by Gasteiger charge is 2.33. The Morgan fingerprint density at radius 2 is 1.80 bits per heavy atom. The van der Waals surface area contributed by atoms with Gasteiger partial charge in [-0.25, -0.2) is 0 Å². The summed E-state index contributed by atoms with van der Waals surface area (Å²) in [5, 5.41) is 3.74. The van der Waals surface area contributed by atoms with Gasteiger partial charge in [0.15, 0.2) is 0 Å². The molecule has 0 bridgehead atoms. The van der Waals surface area contributed by atoms with E-state index in [1.54, 1.807) is 0 Å². The van der Waals surface area contributed by atoms with Crippen LogP contribution in [0, 0.1) is 38.5 Å². The summed E-state index contributed by atoms with van der Waals surface area (Å²) in [5.74, 6) is 4.65. The van der Waals surface area contributed by atoms with Gasteiger partial charge in [0, 0.05) is 11.6 Å². The van der Waals surface area contributed by atoms with Gasteiger partial charge in [0.2, 0.25) is 0 Å². The molecule has 2 nitrogen and oxygen atoms in total. The molecule has 1 heterocycles. The van der Waals surface area contributed by atoms with Crippen LogP contribution in [0.25, 0.3) is 0 Å². The van der Waals surface area contributed by atoms with Gasteiger partial charge in [0.05, 0.1) is 0 Å². The molecule has 0 spiro atoms. The summed E-state index contributed by atoms with van der Waals surface area (Å²) in [5.41, 5.74) is 2.77. The molecule has 4 unspecified atom stereocenters. The molecule has 0 saturated heterocycles. The summed E-state index contributed by atoms with van der Waals surface area (Å²) in [4.78, 5) is 0. The third-order valence-electron chi connectivity index (χ3n) is 5.46. The molecule has 1 aromatic heterocycles. The molecule has 4 atom stereocenters. The second-order valence-corrected chi connectivity index (χ2v) is 6.82. The van der Waals surface area contributed by atoms with Crippen LogP contribution in [0.1, 0.15) is 68.7 Å². The van der Waals surface area contributed by atoms with E-state index >= 15 is 0 Å². The van der Waals surface area contributed by atoms with Crippen molar-refractivity contribution < 1.29 is 4.42 Å². The molecule has 1 N–H and O–H groups in total. The van der Waals surface area contributed by atoms with Gasteiger partial charge in [-0.1, -0.05) is 27.2 Å². The van der Waals surface area contributed by atoms with E-state index < -0.39 is 0 Å². The minimum atomic E-state index is 0.465. The Labute approximate surface area is 124 Å². The van der Waals surface area contributed by atoms with Crippen LogP contribution in [0.5, 0.6) is 0 Å². The van der Waals surface area contributed by atoms with Crippen LogP contribution in [0.2, 0.25) is 0 Å². The highest BCUT2D eigenvalue weighted by atomic mass is 16.3. The average Bonchev–Trinajstić information content (AvgIpc) is 2.65. The summed E-state index contributed by atoms with van der Waals surface area (Å²) >= 11 is 0. The molecule has 0 amide bonds. The predicted octanol–water partition coefficient (Wildman–Crippen LogP) is 4.93. The quantitative estimate of drug-likeness (QED) is 0.844. The second-order valence-electron chi connectivity index (χ2n) is 6.82. The van der Waals surface area contributed by atoms with Crippen molar-refractivity contribution in [2.24, 2.45) is 17.8 Å². The molecule has 2 heteroatoms. The van der Waals surface area contributed by atoms with E-state index in [1.165, 1.54) is 30.4 Å². The number of hydrogen-bond donors (Lipinski definition) is 1. The second kappa shape index (κ2) is 6.34. The largest absolute Gasteiger partial charge is 0.466 e. The lowest BCUT2D eigenvalue weighted by molar-refractivity contribution is 0.171. The maximum absolute atomic E-state index is 5.87. The van der Waals surface area contributed by atoms with Gasteiger partial charge in [0.1, 0.15) is 11.5 Å². The standard InChI is InChI=1S/C18H31NO/c1-7-19-18(16-9-8-11(2)12(3)10-16)17-13(4)14(5)20-15(17)6/h11-12,16,18-19H,7-10H2,1-6H3. The Kier molecular flexibility index (Phi) is 4.95. The molecule has 114 valence electrons. The molecule has 20 heavy (non-hydrogen) atoms. The monoisotopic (exact) mass is 277 g/mol. The van der Waals surface area contributed by atoms with Crippen molar-refractivity contribution in [2.45, 2.75) is 66.8 Å². The fourth-order valence-electron chi connectivity index (χ4n) is 3.88. The Hall–Kier alpha value is -0.760. The summed E-state index contributed by atoms with van der Waals surface area (Å²) in [7, 11) is 0. The number of hydrogen-bond acceptors (Lipinski definition) is 2. The van der Waals surface area contributed by atoms with Crippen molar-refractivity contribution in [1.82, 2.24) is 5.32 Å². The fraction of sp³-hybridized carbons (Fsp3) is 0.778. The lowest BCUT2D eigenvalue weighted by Crippen LogP contribution is -2.33. The zero-order valence-electron chi connectivity index (χ0n) is 14.0. The van der Waals surface area contributed by atoms with E-state index in [-0.39, 0.29) is 0 Å². The highest BCUT2D eigenvalue weighted by Crippen LogP contribution is 2.42. The molecule has 2 rings (SSSR count). The average molecular weight is 277 g/mol. The molecule has 1 aliphatic rings. The number of furan rings is 1. The van der Waals surface area contributed by atoms with Crippen molar-refractivity contribution in [3.05, 3.63) is 22.6 Å². The Balaban J connectivity index is 2.27. The highest BCUT2D eigenvalue weighted by molar-refractivity contribution is 5.34. The Bertz CT molecular complexity index is 449. The number of rotatable bonds is 4. The van der Waals surface area contributed by atoms with Crippen LogP contribution in [-0.2, 0) is 0 Å². The third-order valence-corrected chi connectivity index (χ3v) is 5.46. The van der Waals surface area contributed by atoms with E-state index in [4.69, 9.17) is 4.42 Å². The zero-order chi connectivity index (χ0) is 14.9. The van der Waals surface area contributed by atoms with Crippen LogP contribution in [-0.4, -0.2) is 6.54 Å². The summed E-state index contributed by atoms with van der Waals surface area (Å²) in [6.45, 7) is 14.5. The van der Waals surface area contributed by atoms with Gasteiger partial charge in [-0.3, -0.25) is 0 Å². The molecule has 1 aromatic rings. The van der Waals surface area contributed by atoms with Gasteiger partial charge in [-0.05, 0) is 63.5 Å². The van der Waals surface area contributed by atoms with Crippen molar-refractivity contribution in [2.75, 3.05) is 6.54 Å². The van der Waals surface area contributed by atoms with Crippen molar-refractivity contribution in [3.63, 3.8) is 0 Å². The van der Waals surface area contributed by atoms with Gasteiger partial charge < -0.3 is 9.73 Å². The van der Waals surface area contributed by atoms with Gasteiger partial charge in [-0.15, -0.1) is 0 Å². The molecule has 0 aliphatic heterocycles. The van der Waals surface area contributed by atoms with E-state index in [9.17, 15) is 0 Å². The lowest BCUT2D eigenvalue weighted by Gasteiger charge is -2.37. The lowest BCUT2D eigenvalue weighted by atomic mass is 9.71. The zero-order valence-corrected chi connectivity index (χ0v) is 14.0. The van der Waals surface area contributed by atoms with E-state index in [1.807, 2.05) is 0 Å². The van der Waals surface area contributed by atoms with Crippen LogP contribution in [0.4, 0.5) is 0 Å². The van der Waals surface area contributed by atoms with Crippen molar-refractivity contribution in [3.8, 4) is 0 Å². The maximum Gasteiger partial charge on any atom is 0.106 e. The van der Waals surface area contributed by atoms with Crippen LogP contribution < -0.4 is 5.32 Å². The first kappa shape index (κ1) is 15.6. The number of aryl methyl sites for hydroxylation is 2. The molecular weight excluding hydrogens is 246 g/mol. The molecule has 1 saturated carbocycles. The summed E-state index contributed by atoms with van der Waals surface area (Å²) in [6, 6.07) is 0.465. The Morgan fingerprint density at radius 1 is 1.10 bits per heavy atom. The van der Waals surface area contributed by atoms with E-state index in [0.717, 1.165) is 35.8 Å². The smallest absolute Gasteiger partial charge is 0.106 e. The first-order valence-corrected chi connectivity index (χ1v) is 8.25. The first-order valence-electron chi connectivity index (χ1n) is 8.25. The van der Waals surface area contributed by atoms with Crippen molar-refractivity contribution >= 4 is 0 Å². The Morgan fingerprint density at radius 3 is 2.30 bits per heavy atom. The van der Waals surface area contributed by atoms with E-state index in [2.05, 4.69) is 46.9 Å². The minimum absolute atomic E-state index is 0.465. The molecular formula is C18H31NO. The topological polar surface area (TPSA) is 25.2 Å². The molecule has 0 radical (unpaired) electrons. The van der Waals surface area contributed by atoms with Crippen LogP contribution in [0.15, 0.2) is 4.42 Å². The number of nitrogens with one attached hydrogen (secondary N) is 1. The fourth-order valence-corrected chi connectivity index (χ4v) is 3.88. The minimum Gasteiger partial charge on any atom is -0.466 e. The normalized spacial score (nSPS) is 28.6. The predicted molar refractivity (Wildman–Crippen MR) is 85.0 cm³/mol. The van der Waals surface area contributed by atoms with Crippen LogP contribution in [0.3, 0.4) is 0 Å². The third kappa shape index (κ3) is 2.95. The summed E-state index contributed by atoms with van der Waals surface area (Å²) in [6.07, 6.45) is 4.04. The van der Waals surface area contributed by atoms with E-state index in [0.29, 0.717) is 6.04 Å². The van der Waals surface area contributed by atoms with Gasteiger partial charge in [0.25, 0.3) is 0 Å². The molecule has 0 aromatic carbocycles. The van der Waals surface area contributed by atoms with Gasteiger partial charge >= 0.3 is 0 Å². The van der Waals surface area contributed by atoms with Crippen LogP contribution >= 0.6 is 0 Å². The van der Waals surface area contributed by atoms with Crippen molar-refractivity contribution in [1.29, 1.82) is 0 Å². The maximum atomic E-state index is 5.87. The summed E-state index contributed by atoms with van der Waals surface area (Å²) < 4.78 is 5.87. The first-order chi connectivity index (χ1) is 9.45. The SMILES string of the molecule is CCNC(c1c(C)oc(C)c1C)C1CCC(C)C(C)C1.